The predicted octanol–water partition coefficient (Wildman–Crippen LogP) is 3.44. The molecule has 1 saturated carbocycles. The highest BCUT2D eigenvalue weighted by atomic mass is 16.5. The summed E-state index contributed by atoms with van der Waals surface area (Å²) in [6.45, 7) is 3.31. The van der Waals surface area contributed by atoms with Gasteiger partial charge in [-0.15, -0.1) is 5.10 Å². The predicted molar refractivity (Wildman–Crippen MR) is 127 cm³/mol. The van der Waals surface area contributed by atoms with E-state index in [1.165, 1.54) is 32.1 Å². The number of carbonyl (C=O) groups is 1. The first-order valence-corrected chi connectivity index (χ1v) is 12.7. The fraction of sp³-hybridized carbons (Fsp3) is 0.654. The van der Waals surface area contributed by atoms with E-state index in [2.05, 4.69) is 26.7 Å². The number of rotatable bonds is 8. The van der Waals surface area contributed by atoms with E-state index in [0.29, 0.717) is 18.5 Å². The number of benzene rings is 1. The zero-order valence-corrected chi connectivity index (χ0v) is 19.8. The van der Waals surface area contributed by atoms with Gasteiger partial charge in [-0.05, 0) is 43.7 Å². The molecule has 4 aliphatic rings. The maximum atomic E-state index is 13.0. The molecule has 0 radical (unpaired) electrons. The standard InChI is InChI=1S/C26H37N5O2/c1-33-25-10-6-5-9-21(25)15-27-26(32)24-18-30-12-11-20(24)14-23(30)17-31-16-22(28-29-31)13-19-7-3-2-4-8-19/h5-6,9-10,16,19-20,23-24H,2-4,7-8,11-15,17-18H2,1H3,(H,27,32). The normalized spacial score (nSPS) is 27.4. The molecule has 2 aromatic rings. The minimum Gasteiger partial charge on any atom is -0.496 e. The van der Waals surface area contributed by atoms with Crippen LogP contribution in [0.15, 0.2) is 30.5 Å². The van der Waals surface area contributed by atoms with Gasteiger partial charge >= 0.3 is 0 Å². The average molecular weight is 452 g/mol. The van der Waals surface area contributed by atoms with Gasteiger partial charge in [-0.25, -0.2) is 0 Å². The van der Waals surface area contributed by atoms with Crippen molar-refractivity contribution in [1.82, 2.24) is 25.2 Å². The second kappa shape index (κ2) is 10.2. The Morgan fingerprint density at radius 2 is 2.03 bits per heavy atom. The Labute approximate surface area is 196 Å². The Hall–Kier alpha value is -2.41. The van der Waals surface area contributed by atoms with E-state index in [9.17, 15) is 4.79 Å². The van der Waals surface area contributed by atoms with E-state index in [0.717, 1.165) is 61.8 Å². The van der Waals surface area contributed by atoms with Crippen LogP contribution < -0.4 is 10.1 Å². The van der Waals surface area contributed by atoms with Crippen LogP contribution in [0.4, 0.5) is 0 Å². The molecule has 33 heavy (non-hydrogen) atoms. The number of carbonyl (C=O) groups excluding carboxylic acids is 1. The van der Waals surface area contributed by atoms with Crippen LogP contribution >= 0.6 is 0 Å². The third-order valence-corrected chi connectivity index (χ3v) is 8.07. The Morgan fingerprint density at radius 3 is 2.82 bits per heavy atom. The van der Waals surface area contributed by atoms with Gasteiger partial charge in [-0.3, -0.25) is 14.4 Å². The van der Waals surface area contributed by atoms with Crippen molar-refractivity contribution in [1.29, 1.82) is 0 Å². The molecule has 1 amide bonds. The third kappa shape index (κ3) is 5.24. The zero-order valence-electron chi connectivity index (χ0n) is 19.8. The third-order valence-electron chi connectivity index (χ3n) is 8.07. The maximum absolute atomic E-state index is 13.0. The van der Waals surface area contributed by atoms with E-state index in [1.54, 1.807) is 7.11 Å². The lowest BCUT2D eigenvalue weighted by molar-refractivity contribution is -0.133. The largest absolute Gasteiger partial charge is 0.496 e. The van der Waals surface area contributed by atoms with Crippen LogP contribution in [0.25, 0.3) is 0 Å². The molecule has 1 N–H and O–H groups in total. The fourth-order valence-corrected chi connectivity index (χ4v) is 6.21. The first-order chi connectivity index (χ1) is 16.2. The van der Waals surface area contributed by atoms with E-state index in [4.69, 9.17) is 4.74 Å². The molecule has 4 unspecified atom stereocenters. The minimum absolute atomic E-state index is 0.0716. The number of nitrogens with zero attached hydrogens (tertiary/aromatic N) is 4. The van der Waals surface area contributed by atoms with Crippen molar-refractivity contribution < 1.29 is 9.53 Å². The lowest BCUT2D eigenvalue weighted by atomic mass is 9.75. The second-order valence-electron chi connectivity index (χ2n) is 10.2. The van der Waals surface area contributed by atoms with Crippen molar-refractivity contribution in [3.8, 4) is 5.75 Å². The topological polar surface area (TPSA) is 72.3 Å². The van der Waals surface area contributed by atoms with Crippen LogP contribution in [-0.4, -0.2) is 52.0 Å². The van der Waals surface area contributed by atoms with Crippen LogP contribution in [0.3, 0.4) is 0 Å². The molecule has 1 aliphatic carbocycles. The summed E-state index contributed by atoms with van der Waals surface area (Å²) in [5.74, 6) is 2.30. The van der Waals surface area contributed by atoms with Crippen molar-refractivity contribution in [3.63, 3.8) is 0 Å². The van der Waals surface area contributed by atoms with Crippen LogP contribution in [0, 0.1) is 17.8 Å². The lowest BCUT2D eigenvalue weighted by Gasteiger charge is -2.49. The Kier molecular flexibility index (Phi) is 6.95. The first-order valence-electron chi connectivity index (χ1n) is 12.7. The number of fused-ring (bicyclic) bond motifs is 3. The smallest absolute Gasteiger partial charge is 0.224 e. The Morgan fingerprint density at radius 1 is 1.18 bits per heavy atom. The summed E-state index contributed by atoms with van der Waals surface area (Å²) in [5.41, 5.74) is 2.16. The molecule has 178 valence electrons. The van der Waals surface area contributed by atoms with Crippen LogP contribution in [0.5, 0.6) is 5.75 Å². The van der Waals surface area contributed by atoms with Crippen molar-refractivity contribution >= 4 is 5.91 Å². The molecule has 6 rings (SSSR count). The summed E-state index contributed by atoms with van der Waals surface area (Å²) in [4.78, 5) is 15.5. The molecule has 4 fully saturated rings. The minimum atomic E-state index is 0.0716. The fourth-order valence-electron chi connectivity index (χ4n) is 6.21. The average Bonchev–Trinajstić information content (AvgIpc) is 3.30. The van der Waals surface area contributed by atoms with E-state index >= 15 is 0 Å². The monoisotopic (exact) mass is 451 g/mol. The van der Waals surface area contributed by atoms with E-state index in [-0.39, 0.29) is 11.8 Å². The summed E-state index contributed by atoms with van der Waals surface area (Å²) >= 11 is 0. The highest BCUT2D eigenvalue weighted by molar-refractivity contribution is 5.79. The van der Waals surface area contributed by atoms with Crippen LogP contribution in [0.2, 0.25) is 0 Å². The highest BCUT2D eigenvalue weighted by Crippen LogP contribution is 2.37. The molecule has 4 atom stereocenters. The van der Waals surface area contributed by atoms with Crippen molar-refractivity contribution in [2.45, 2.75) is 70.5 Å². The highest BCUT2D eigenvalue weighted by Gasteiger charge is 2.43. The molecule has 1 aromatic heterocycles. The Balaban J connectivity index is 1.13. The molecule has 3 saturated heterocycles. The van der Waals surface area contributed by atoms with Crippen molar-refractivity contribution in [3.05, 3.63) is 41.7 Å². The van der Waals surface area contributed by atoms with Gasteiger partial charge in [0.2, 0.25) is 5.91 Å². The number of ether oxygens (including phenoxy) is 1. The molecule has 1 aromatic carbocycles. The van der Waals surface area contributed by atoms with Gasteiger partial charge in [0.15, 0.2) is 0 Å². The maximum Gasteiger partial charge on any atom is 0.224 e. The summed E-state index contributed by atoms with van der Waals surface area (Å²) in [5, 5.41) is 12.1. The van der Waals surface area contributed by atoms with Crippen molar-refractivity contribution in [2.24, 2.45) is 17.8 Å². The number of hydrogen-bond donors (Lipinski definition) is 1. The van der Waals surface area contributed by atoms with Gasteiger partial charge in [0.25, 0.3) is 0 Å². The number of methoxy groups -OCH3 is 1. The Bertz CT molecular complexity index is 938. The summed E-state index contributed by atoms with van der Waals surface area (Å²) < 4.78 is 7.46. The van der Waals surface area contributed by atoms with Crippen LogP contribution in [0.1, 0.15) is 56.2 Å². The lowest BCUT2D eigenvalue weighted by Crippen LogP contribution is -2.58. The summed E-state index contributed by atoms with van der Waals surface area (Å²) in [6, 6.07) is 8.32. The molecule has 7 heteroatoms. The second-order valence-corrected chi connectivity index (χ2v) is 10.2. The van der Waals surface area contributed by atoms with Gasteiger partial charge in [0.05, 0.1) is 25.3 Å². The number of para-hydroxylation sites is 1. The molecule has 7 nitrogen and oxygen atoms in total. The number of nitrogens with one attached hydrogen (secondary N) is 1. The first kappa shape index (κ1) is 22.4. The quantitative estimate of drug-likeness (QED) is 0.666. The number of hydrogen-bond acceptors (Lipinski definition) is 5. The van der Waals surface area contributed by atoms with Gasteiger partial charge in [-0.1, -0.05) is 55.5 Å². The molecular weight excluding hydrogens is 414 g/mol. The number of piperidine rings is 3. The molecule has 0 spiro atoms. The summed E-state index contributed by atoms with van der Waals surface area (Å²) in [6.07, 6.45) is 12.2. The zero-order chi connectivity index (χ0) is 22.6. The molecular formula is C26H37N5O2. The molecule has 4 heterocycles. The van der Waals surface area contributed by atoms with Crippen molar-refractivity contribution in [2.75, 3.05) is 20.2 Å². The number of amides is 1. The van der Waals surface area contributed by atoms with Gasteiger partial charge < -0.3 is 10.1 Å². The molecule has 2 bridgehead atoms. The van der Waals surface area contributed by atoms with Gasteiger partial charge in [0.1, 0.15) is 5.75 Å². The van der Waals surface area contributed by atoms with E-state index in [1.807, 2.05) is 28.9 Å². The van der Waals surface area contributed by atoms with Crippen LogP contribution in [-0.2, 0) is 24.3 Å². The number of aromatic nitrogens is 3. The van der Waals surface area contributed by atoms with E-state index < -0.39 is 0 Å². The van der Waals surface area contributed by atoms with Gasteiger partial charge in [-0.2, -0.15) is 0 Å². The SMILES string of the molecule is COc1ccccc1CNC(=O)C1CN2CCC1CC2Cn1cc(CC2CCCCC2)nn1. The summed E-state index contributed by atoms with van der Waals surface area (Å²) in [7, 11) is 1.67. The van der Waals surface area contributed by atoms with Gasteiger partial charge in [0, 0.05) is 30.9 Å². The molecule has 3 aliphatic heterocycles.